The molecule has 0 heterocycles. The largest absolute Gasteiger partial charge is 0.469 e. The molecular weight excluding hydrogens is 273 g/mol. The smallest absolute Gasteiger partial charge is 0.305 e. The van der Waals surface area contributed by atoms with E-state index in [1.807, 2.05) is 0 Å². The van der Waals surface area contributed by atoms with Gasteiger partial charge in [0.15, 0.2) is 0 Å². The van der Waals surface area contributed by atoms with Crippen molar-refractivity contribution in [1.82, 2.24) is 4.90 Å². The normalized spacial score (nSPS) is 20.0. The van der Waals surface area contributed by atoms with Crippen molar-refractivity contribution < 1.29 is 18.7 Å². The fourth-order valence-electron chi connectivity index (χ4n) is 2.54. The van der Waals surface area contributed by atoms with Crippen molar-refractivity contribution in [1.29, 1.82) is 0 Å². The predicted molar refractivity (Wildman–Crippen MR) is 76.1 cm³/mol. The highest BCUT2D eigenvalue weighted by Gasteiger charge is 2.46. The zero-order chi connectivity index (χ0) is 15.4. The maximum absolute atomic E-state index is 13.7. The molecule has 1 aliphatic carbocycles. The maximum atomic E-state index is 13.7. The molecule has 1 fully saturated rings. The Labute approximate surface area is 123 Å². The first-order chi connectivity index (χ1) is 10.0. The molecule has 1 aromatic rings. The molecule has 114 valence electrons. The average molecular weight is 293 g/mol. The van der Waals surface area contributed by atoms with Crippen LogP contribution in [0.1, 0.15) is 30.7 Å². The molecule has 0 saturated heterocycles. The molecular formula is C16H20FNO3. The van der Waals surface area contributed by atoms with Gasteiger partial charge in [-0.15, -0.1) is 0 Å². The summed E-state index contributed by atoms with van der Waals surface area (Å²) in [6.45, 7) is 0.508. The van der Waals surface area contributed by atoms with E-state index in [1.165, 1.54) is 13.2 Å². The van der Waals surface area contributed by atoms with Gasteiger partial charge in [-0.05, 0) is 30.4 Å². The van der Waals surface area contributed by atoms with Gasteiger partial charge in [0.1, 0.15) is 5.82 Å². The third-order valence-electron chi connectivity index (χ3n) is 3.89. The van der Waals surface area contributed by atoms with Crippen LogP contribution in [-0.2, 0) is 14.3 Å². The molecule has 2 unspecified atom stereocenters. The van der Waals surface area contributed by atoms with E-state index < -0.39 is 0 Å². The van der Waals surface area contributed by atoms with E-state index >= 15 is 0 Å². The molecule has 0 spiro atoms. The van der Waals surface area contributed by atoms with Crippen molar-refractivity contribution in [2.24, 2.45) is 5.92 Å². The highest BCUT2D eigenvalue weighted by atomic mass is 19.1. The van der Waals surface area contributed by atoms with Gasteiger partial charge in [-0.1, -0.05) is 18.2 Å². The van der Waals surface area contributed by atoms with Crippen molar-refractivity contribution in [3.05, 3.63) is 35.6 Å². The van der Waals surface area contributed by atoms with Crippen LogP contribution in [0, 0.1) is 11.7 Å². The molecule has 1 aromatic carbocycles. The van der Waals surface area contributed by atoms with E-state index in [4.69, 9.17) is 0 Å². The number of methoxy groups -OCH3 is 1. The van der Waals surface area contributed by atoms with Crippen LogP contribution in [-0.4, -0.2) is 37.5 Å². The summed E-state index contributed by atoms with van der Waals surface area (Å²) in [5.74, 6) is -0.641. The zero-order valence-corrected chi connectivity index (χ0v) is 12.3. The van der Waals surface area contributed by atoms with Crippen LogP contribution in [0.25, 0.3) is 0 Å². The Balaban J connectivity index is 1.82. The number of rotatable bonds is 6. The Bertz CT molecular complexity index is 532. The lowest BCUT2D eigenvalue weighted by molar-refractivity contribution is -0.141. The van der Waals surface area contributed by atoms with E-state index in [9.17, 15) is 14.0 Å². The van der Waals surface area contributed by atoms with Crippen molar-refractivity contribution in [2.75, 3.05) is 20.7 Å². The monoisotopic (exact) mass is 293 g/mol. The van der Waals surface area contributed by atoms with Crippen molar-refractivity contribution in [2.45, 2.75) is 25.2 Å². The second-order valence-electron chi connectivity index (χ2n) is 5.41. The lowest BCUT2D eigenvalue weighted by Gasteiger charge is -2.17. The van der Waals surface area contributed by atoms with Crippen LogP contribution in [0.2, 0.25) is 0 Å². The van der Waals surface area contributed by atoms with E-state index in [1.54, 1.807) is 30.1 Å². The van der Waals surface area contributed by atoms with Crippen molar-refractivity contribution >= 4 is 11.9 Å². The lowest BCUT2D eigenvalue weighted by Crippen LogP contribution is -2.29. The van der Waals surface area contributed by atoms with E-state index in [2.05, 4.69) is 4.74 Å². The molecule has 0 aliphatic heterocycles. The standard InChI is InChI=1S/C16H20FNO3/c1-18(9-5-8-15(19)21-2)16(20)13-10-12(13)11-6-3-4-7-14(11)17/h3-4,6-7,12-13H,5,8-10H2,1-2H3. The molecule has 2 rings (SSSR count). The van der Waals surface area contributed by atoms with E-state index in [0.717, 1.165) is 0 Å². The van der Waals surface area contributed by atoms with Gasteiger partial charge in [-0.3, -0.25) is 9.59 Å². The molecule has 0 radical (unpaired) electrons. The lowest BCUT2D eigenvalue weighted by atomic mass is 10.1. The molecule has 4 nitrogen and oxygen atoms in total. The average Bonchev–Trinajstić information content (AvgIpc) is 3.26. The second-order valence-corrected chi connectivity index (χ2v) is 5.41. The zero-order valence-electron chi connectivity index (χ0n) is 12.3. The number of hydrogen-bond acceptors (Lipinski definition) is 3. The Hall–Kier alpha value is -1.91. The molecule has 0 bridgehead atoms. The number of esters is 1. The molecule has 1 saturated carbocycles. The van der Waals surface area contributed by atoms with E-state index in [-0.39, 0.29) is 29.5 Å². The quantitative estimate of drug-likeness (QED) is 0.756. The predicted octanol–water partition coefficient (Wildman–Crippen LogP) is 2.34. The Morgan fingerprint density at radius 1 is 1.38 bits per heavy atom. The van der Waals surface area contributed by atoms with Crippen LogP contribution in [0.3, 0.4) is 0 Å². The molecule has 0 aromatic heterocycles. The number of nitrogens with zero attached hydrogens (tertiary/aromatic N) is 1. The minimum atomic E-state index is -0.272. The summed E-state index contributed by atoms with van der Waals surface area (Å²) >= 11 is 0. The number of amides is 1. The van der Waals surface area contributed by atoms with Crippen LogP contribution < -0.4 is 0 Å². The first-order valence-corrected chi connectivity index (χ1v) is 7.10. The number of ether oxygens (including phenoxy) is 1. The minimum Gasteiger partial charge on any atom is -0.469 e. The fraction of sp³-hybridized carbons (Fsp3) is 0.500. The molecule has 21 heavy (non-hydrogen) atoms. The summed E-state index contributed by atoms with van der Waals surface area (Å²) in [4.78, 5) is 24.9. The molecule has 5 heteroatoms. The number of hydrogen-bond donors (Lipinski definition) is 0. The number of carbonyl (C=O) groups is 2. The first kappa shape index (κ1) is 15.5. The summed E-state index contributed by atoms with van der Waals surface area (Å²) in [7, 11) is 3.07. The van der Waals surface area contributed by atoms with Gasteiger partial charge in [0, 0.05) is 25.9 Å². The summed E-state index contributed by atoms with van der Waals surface area (Å²) in [5.41, 5.74) is 0.624. The SMILES string of the molecule is COC(=O)CCCN(C)C(=O)C1CC1c1ccccc1F. The third kappa shape index (κ3) is 3.80. The second kappa shape index (κ2) is 6.70. The number of benzene rings is 1. The summed E-state index contributed by atoms with van der Waals surface area (Å²) in [6.07, 6.45) is 1.57. The van der Waals surface area contributed by atoms with E-state index in [0.29, 0.717) is 31.4 Å². The molecule has 1 aliphatic rings. The topological polar surface area (TPSA) is 46.6 Å². The van der Waals surface area contributed by atoms with Gasteiger partial charge in [-0.25, -0.2) is 4.39 Å². The highest BCUT2D eigenvalue weighted by Crippen LogP contribution is 2.49. The Kier molecular flexibility index (Phi) is 4.94. The highest BCUT2D eigenvalue weighted by molar-refractivity contribution is 5.82. The Morgan fingerprint density at radius 2 is 2.10 bits per heavy atom. The van der Waals surface area contributed by atoms with Crippen molar-refractivity contribution in [3.63, 3.8) is 0 Å². The molecule has 2 atom stereocenters. The maximum Gasteiger partial charge on any atom is 0.305 e. The third-order valence-corrected chi connectivity index (χ3v) is 3.89. The van der Waals surface area contributed by atoms with Gasteiger partial charge in [-0.2, -0.15) is 0 Å². The van der Waals surface area contributed by atoms with Crippen molar-refractivity contribution in [3.8, 4) is 0 Å². The van der Waals surface area contributed by atoms with Crippen LogP contribution >= 0.6 is 0 Å². The number of carbonyl (C=O) groups excluding carboxylic acids is 2. The molecule has 1 amide bonds. The number of halogens is 1. The summed E-state index contributed by atoms with van der Waals surface area (Å²) < 4.78 is 18.2. The Morgan fingerprint density at radius 3 is 2.76 bits per heavy atom. The fourth-order valence-corrected chi connectivity index (χ4v) is 2.54. The summed E-state index contributed by atoms with van der Waals surface area (Å²) in [6, 6.07) is 6.61. The van der Waals surface area contributed by atoms with Crippen LogP contribution in [0.15, 0.2) is 24.3 Å². The van der Waals surface area contributed by atoms with Gasteiger partial charge < -0.3 is 9.64 Å². The van der Waals surface area contributed by atoms with Gasteiger partial charge in [0.05, 0.1) is 7.11 Å². The summed E-state index contributed by atoms with van der Waals surface area (Å²) in [5, 5.41) is 0. The van der Waals surface area contributed by atoms with Gasteiger partial charge >= 0.3 is 5.97 Å². The van der Waals surface area contributed by atoms with Gasteiger partial charge in [0.25, 0.3) is 0 Å². The van der Waals surface area contributed by atoms with Crippen LogP contribution in [0.5, 0.6) is 0 Å². The minimum absolute atomic E-state index is 0.0123. The van der Waals surface area contributed by atoms with Gasteiger partial charge in [0.2, 0.25) is 5.91 Å². The first-order valence-electron chi connectivity index (χ1n) is 7.10. The molecule has 0 N–H and O–H groups in total. The van der Waals surface area contributed by atoms with Crippen LogP contribution in [0.4, 0.5) is 4.39 Å².